The Hall–Kier alpha value is -5.40. The molecule has 6 saturated heterocycles. The van der Waals surface area contributed by atoms with Crippen molar-refractivity contribution >= 4 is 101 Å². The molecule has 0 unspecified atom stereocenters. The summed E-state index contributed by atoms with van der Waals surface area (Å²) < 4.78 is 15.5. The molecule has 0 saturated carbocycles. The lowest BCUT2D eigenvalue weighted by atomic mass is 9.82. The van der Waals surface area contributed by atoms with E-state index in [4.69, 9.17) is 71.0 Å². The molecule has 6 aliphatic rings. The topological polar surface area (TPSA) is 214 Å². The van der Waals surface area contributed by atoms with E-state index in [-0.39, 0.29) is 34.4 Å². The molecular weight excluding hydrogens is 1620 g/mol. The van der Waals surface area contributed by atoms with Gasteiger partial charge < -0.3 is 64.8 Å². The van der Waals surface area contributed by atoms with Crippen LogP contribution in [-0.2, 0) is 50.5 Å². The highest BCUT2D eigenvalue weighted by atomic mass is 79.9. The van der Waals surface area contributed by atoms with E-state index >= 15 is 0 Å². The Morgan fingerprint density at radius 2 is 0.692 bits per heavy atom. The number of hydrogen-bond acceptors (Lipinski definition) is 19. The van der Waals surface area contributed by atoms with Crippen LogP contribution in [0.5, 0.6) is 0 Å². The van der Waals surface area contributed by atoms with Gasteiger partial charge in [-0.3, -0.25) is 24.4 Å². The quantitative estimate of drug-likeness (QED) is 0.0397. The lowest BCUT2D eigenvalue weighted by molar-refractivity contribution is -0.115. The zero-order chi connectivity index (χ0) is 87.6. The molecule has 5 aromatic rings. The second kappa shape index (κ2) is 60.2. The predicted octanol–water partition coefficient (Wildman–Crippen LogP) is 15.6. The molecule has 117 heavy (non-hydrogen) atoms. The van der Waals surface area contributed by atoms with Gasteiger partial charge in [0.1, 0.15) is 16.9 Å². The average Bonchev–Trinajstić information content (AvgIpc) is 0.829. The van der Waals surface area contributed by atoms with Crippen molar-refractivity contribution < 1.29 is 38.5 Å². The summed E-state index contributed by atoms with van der Waals surface area (Å²) in [5, 5.41) is 31.1. The monoisotopic (exact) mass is 1760 g/mol. The van der Waals surface area contributed by atoms with Crippen LogP contribution < -0.4 is 21.3 Å². The molecule has 0 spiro atoms. The zero-order valence-corrected chi connectivity index (χ0v) is 78.5. The van der Waals surface area contributed by atoms with Gasteiger partial charge in [0.25, 0.3) is 5.87 Å². The van der Waals surface area contributed by atoms with Crippen LogP contribution in [0.1, 0.15) is 159 Å². The third-order valence-electron chi connectivity index (χ3n) is 19.5. The third-order valence-corrected chi connectivity index (χ3v) is 20.2. The molecule has 6 fully saturated rings. The van der Waals surface area contributed by atoms with Crippen LogP contribution in [0.15, 0.2) is 152 Å². The molecule has 28 heteroatoms. The van der Waals surface area contributed by atoms with Gasteiger partial charge in [0.15, 0.2) is 0 Å². The minimum Gasteiger partial charge on any atom is -0.476 e. The number of methoxy groups -OCH3 is 1. The van der Waals surface area contributed by atoms with Crippen molar-refractivity contribution in [1.82, 2.24) is 60.3 Å². The SMILES string of the molecule is BrCc1ccccc1.CC#N.COC(=O)[B]N1C[C@@H](C)N(Cc2ccccc2)[C@@H](C)C1.C[C@@H]1CN(C(=O)OC(C)(C)C)C[C@H](C)N1.C[C@@H]1CN(C(=O)OC(C)(C)C)C[C@H](C)N1Cc1ccccc1.C[C@@H]1CN([B]C(=O)CO)C[C@H](C)N1Cc1ccccc1.C[C@@H]1CNC[C@H](C)N1.C[C@@H]1CNC[C@H](C)N1Cc1ccccc1.ClCCl.ClCCl. The molecule has 0 aliphatic carbocycles. The Bertz CT molecular complexity index is 3320. The number of nitrogens with one attached hydrogen (secondary N) is 4. The van der Waals surface area contributed by atoms with Gasteiger partial charge in [0.2, 0.25) is 0 Å². The number of carbonyl (C=O) groups excluding carboxylic acids is 4. The Kier molecular flexibility index (Phi) is 55.4. The predicted molar refractivity (Wildman–Crippen MR) is 492 cm³/mol. The fraction of sp³-hybridized carbons (Fsp3) is 0.607. The zero-order valence-electron chi connectivity index (χ0n) is 73.9. The molecule has 2 amide bonds. The minimum absolute atomic E-state index is 0.194. The Balaban J connectivity index is 0.000000464. The lowest BCUT2D eigenvalue weighted by Crippen LogP contribution is -2.58. The number of amides is 2. The minimum atomic E-state index is -0.440. The van der Waals surface area contributed by atoms with Crippen LogP contribution in [0, 0.1) is 11.3 Å². The molecular formula is C89H142B2BrCl4N13O8. The van der Waals surface area contributed by atoms with Crippen LogP contribution in [0.25, 0.3) is 0 Å². The first-order chi connectivity index (χ1) is 55.5. The van der Waals surface area contributed by atoms with Crippen molar-refractivity contribution in [3.8, 4) is 6.07 Å². The standard InChI is InChI=1S/C18H28N2O2.2C15H22BN2O2.C13H20N2.C11H22N2O2.C7H7Br.C6H14N2.C2H3N.2CH2Cl2/c1-14-11-19(17(21)22-18(3,4)5)12-15(2)20(14)13-16-9-7-6-8-10-16;1-12-9-17(16-15(19)20-3)10-13(2)18(12)11-14-7-5-4-6-8-14;1-12-8-17(16-15(20)11-19)9-13(2)18(12)10-14-6-4-3-5-7-14;1-11-8-14-9-12(2)15(11)10-13-6-4-3-5-7-13;1-8-6-13(7-9(2)12-8)10(14)15-11(3,4)5;8-6-7-4-2-1-3-5-7;1-5-3-7-4-6(2)8-5;1-2-3;2*2-1-3/h6-10,14-15H,11-13H2,1-5H3;4-8,12-13H,9-11H2,1-3H3;3-7,12-13,19H,8-11H2,1-2H3;3-7,11-12,14H,8-10H2,1-2H3;8-9,12H,6-7H2,1-5H3;1-5H,6H2;5-8H,3-4H2,1-2H3;1H3;2*1H2/t14-,15+;2*12-,13+;11-,12+;8-,9+;;5-,6+;;;. The first-order valence-electron chi connectivity index (χ1n) is 41.1. The number of rotatable bonds is 14. The number of hydrogen-bond donors (Lipinski definition) is 5. The molecule has 0 aromatic heterocycles. The largest absolute Gasteiger partial charge is 0.476 e. The fourth-order valence-corrected chi connectivity index (χ4v) is 14.7. The number of aliphatic hydroxyl groups excluding tert-OH is 1. The number of benzene rings is 5. The molecule has 6 aliphatic heterocycles. The Labute approximate surface area is 735 Å². The molecule has 11 rings (SSSR count). The van der Waals surface area contributed by atoms with Crippen molar-refractivity contribution in [2.24, 2.45) is 0 Å². The van der Waals surface area contributed by atoms with E-state index in [2.05, 4.69) is 260 Å². The summed E-state index contributed by atoms with van der Waals surface area (Å²) in [7, 11) is 4.54. The number of piperazine rings is 6. The molecule has 652 valence electrons. The summed E-state index contributed by atoms with van der Waals surface area (Å²) in [5.74, 6) is -0.277. The van der Waals surface area contributed by atoms with Crippen LogP contribution in [-0.4, -0.2) is 269 Å². The lowest BCUT2D eigenvalue weighted by Gasteiger charge is -2.44. The van der Waals surface area contributed by atoms with Crippen molar-refractivity contribution in [2.75, 3.05) is 103 Å². The maximum atomic E-state index is 12.3. The van der Waals surface area contributed by atoms with Gasteiger partial charge in [-0.1, -0.05) is 168 Å². The van der Waals surface area contributed by atoms with Gasteiger partial charge in [0, 0.05) is 189 Å². The highest BCUT2D eigenvalue weighted by Gasteiger charge is 2.36. The van der Waals surface area contributed by atoms with E-state index < -0.39 is 17.8 Å². The number of nitrogens with zero attached hydrogens (tertiary/aromatic N) is 9. The van der Waals surface area contributed by atoms with E-state index in [9.17, 15) is 19.2 Å². The summed E-state index contributed by atoms with van der Waals surface area (Å²) in [6, 6.07) is 59.6. The Morgan fingerprint density at radius 3 is 0.949 bits per heavy atom. The summed E-state index contributed by atoms with van der Waals surface area (Å²) in [6.45, 7) is 53.2. The number of alkyl halides is 5. The fourth-order valence-electron chi connectivity index (χ4n) is 14.4. The van der Waals surface area contributed by atoms with Crippen molar-refractivity contribution in [3.63, 3.8) is 0 Å². The third kappa shape index (κ3) is 47.0. The number of ether oxygens (including phenoxy) is 3. The number of nitriles is 1. The van der Waals surface area contributed by atoms with Gasteiger partial charge in [0.05, 0.1) is 30.5 Å². The number of halogens is 5. The van der Waals surface area contributed by atoms with Gasteiger partial charge in [-0.2, -0.15) is 5.26 Å². The van der Waals surface area contributed by atoms with Crippen molar-refractivity contribution in [3.05, 3.63) is 179 Å². The molecule has 0 bridgehead atoms. The first kappa shape index (κ1) is 108. The molecule has 2 radical (unpaired) electrons. The summed E-state index contributed by atoms with van der Waals surface area (Å²) in [5.41, 5.74) is 5.63. The van der Waals surface area contributed by atoms with Gasteiger partial charge in [-0.05, 0) is 152 Å². The highest BCUT2D eigenvalue weighted by molar-refractivity contribution is 9.08. The van der Waals surface area contributed by atoms with E-state index in [1.807, 2.05) is 87.7 Å². The van der Waals surface area contributed by atoms with E-state index in [1.54, 1.807) is 25.8 Å². The van der Waals surface area contributed by atoms with Crippen molar-refractivity contribution in [1.29, 1.82) is 5.26 Å². The smallest absolute Gasteiger partial charge is 0.410 e. The average molecular weight is 1770 g/mol. The van der Waals surface area contributed by atoms with Crippen LogP contribution in [0.4, 0.5) is 14.4 Å². The number of aliphatic hydroxyl groups is 1. The molecule has 12 atom stereocenters. The van der Waals surface area contributed by atoms with Gasteiger partial charge >= 0.3 is 27.0 Å². The normalized spacial score (nSPS) is 23.6. The molecule has 6 heterocycles. The van der Waals surface area contributed by atoms with E-state index in [0.717, 1.165) is 97.0 Å². The summed E-state index contributed by atoms with van der Waals surface area (Å²) >= 11 is 22.4. The first-order valence-corrected chi connectivity index (χ1v) is 44.4. The van der Waals surface area contributed by atoms with Gasteiger partial charge in [-0.25, -0.2) is 9.59 Å². The van der Waals surface area contributed by atoms with Crippen LogP contribution in [0.3, 0.4) is 0 Å². The van der Waals surface area contributed by atoms with E-state index in [0.29, 0.717) is 85.6 Å². The maximum Gasteiger partial charge on any atom is 0.410 e. The molecule has 21 nitrogen and oxygen atoms in total. The summed E-state index contributed by atoms with van der Waals surface area (Å²) in [4.78, 5) is 64.3. The summed E-state index contributed by atoms with van der Waals surface area (Å²) in [6.07, 6.45) is -0.409. The van der Waals surface area contributed by atoms with Crippen LogP contribution in [0.2, 0.25) is 0 Å². The van der Waals surface area contributed by atoms with Gasteiger partial charge in [-0.15, -0.1) is 46.4 Å². The van der Waals surface area contributed by atoms with Crippen molar-refractivity contribution in [2.45, 2.75) is 247 Å². The molecule has 5 N–H and O–H groups in total. The second-order valence-electron chi connectivity index (χ2n) is 32.8. The van der Waals surface area contributed by atoms with Crippen LogP contribution >= 0.6 is 62.3 Å². The highest BCUT2D eigenvalue weighted by Crippen LogP contribution is 2.24. The second-order valence-corrected chi connectivity index (χ2v) is 35.0. The van der Waals surface area contributed by atoms with E-state index in [1.165, 1.54) is 41.9 Å². The Morgan fingerprint density at radius 1 is 0.436 bits per heavy atom. The number of carbonyl (C=O) groups is 4. The molecule has 5 aromatic carbocycles. The maximum absolute atomic E-state index is 12.3.